The minimum atomic E-state index is 0.0151. The summed E-state index contributed by atoms with van der Waals surface area (Å²) >= 11 is 6.44. The minimum Gasteiger partial charge on any atom is -0.493 e. The molecule has 0 saturated carbocycles. The van der Waals surface area contributed by atoms with E-state index in [1.54, 1.807) is 0 Å². The van der Waals surface area contributed by atoms with Crippen LogP contribution in [-0.4, -0.2) is 19.7 Å². The van der Waals surface area contributed by atoms with E-state index in [2.05, 4.69) is 35.6 Å². The molecular formula is C18H20ClNO. The molecular weight excluding hydrogens is 282 g/mol. The van der Waals surface area contributed by atoms with E-state index in [1.165, 1.54) is 11.1 Å². The third-order valence-electron chi connectivity index (χ3n) is 3.96. The highest BCUT2D eigenvalue weighted by atomic mass is 35.5. The molecule has 0 radical (unpaired) electrons. The van der Waals surface area contributed by atoms with Crippen LogP contribution in [0.1, 0.15) is 28.8 Å². The maximum atomic E-state index is 6.44. The molecule has 110 valence electrons. The molecule has 3 rings (SSSR count). The molecule has 0 saturated heterocycles. The second kappa shape index (κ2) is 6.97. The summed E-state index contributed by atoms with van der Waals surface area (Å²) in [6.07, 6.45) is 1.06. The Morgan fingerprint density at radius 1 is 1.10 bits per heavy atom. The second-order valence-electron chi connectivity index (χ2n) is 5.41. The van der Waals surface area contributed by atoms with Crippen LogP contribution in [0.3, 0.4) is 0 Å². The first-order valence-electron chi connectivity index (χ1n) is 7.46. The average molecular weight is 302 g/mol. The largest absolute Gasteiger partial charge is 0.493 e. The second-order valence-corrected chi connectivity index (χ2v) is 5.94. The van der Waals surface area contributed by atoms with E-state index < -0.39 is 0 Å². The predicted molar refractivity (Wildman–Crippen MR) is 87.2 cm³/mol. The first kappa shape index (κ1) is 14.4. The number of para-hydroxylation sites is 1. The lowest BCUT2D eigenvalue weighted by atomic mass is 9.93. The first-order valence-corrected chi connectivity index (χ1v) is 7.89. The van der Waals surface area contributed by atoms with Crippen LogP contribution in [0.25, 0.3) is 0 Å². The monoisotopic (exact) mass is 301 g/mol. The maximum absolute atomic E-state index is 6.44. The minimum absolute atomic E-state index is 0.0151. The highest BCUT2D eigenvalue weighted by Crippen LogP contribution is 2.32. The Balaban J connectivity index is 1.55. The van der Waals surface area contributed by atoms with E-state index in [-0.39, 0.29) is 5.38 Å². The third-order valence-corrected chi connectivity index (χ3v) is 4.36. The van der Waals surface area contributed by atoms with Crippen molar-refractivity contribution in [2.24, 2.45) is 0 Å². The Bertz CT molecular complexity index is 572. The fourth-order valence-corrected chi connectivity index (χ4v) is 3.05. The van der Waals surface area contributed by atoms with Crippen LogP contribution in [-0.2, 0) is 0 Å². The van der Waals surface area contributed by atoms with E-state index in [9.17, 15) is 0 Å². The Morgan fingerprint density at radius 2 is 1.86 bits per heavy atom. The molecule has 2 atom stereocenters. The standard InChI is InChI=1S/C18H20ClNO/c19-17(14-6-2-1-3-7-14)13-20-12-15-10-11-21-18-9-5-4-8-16(15)18/h1-9,15,17,20H,10-13H2. The molecule has 1 aliphatic rings. The summed E-state index contributed by atoms with van der Waals surface area (Å²) in [6, 6.07) is 18.5. The summed E-state index contributed by atoms with van der Waals surface area (Å²) < 4.78 is 5.70. The topological polar surface area (TPSA) is 21.3 Å². The third kappa shape index (κ3) is 3.58. The van der Waals surface area contributed by atoms with Gasteiger partial charge in [-0.2, -0.15) is 0 Å². The molecule has 0 aromatic heterocycles. The van der Waals surface area contributed by atoms with Gasteiger partial charge in [0.25, 0.3) is 0 Å². The number of rotatable bonds is 5. The van der Waals surface area contributed by atoms with Crippen molar-refractivity contribution in [3.8, 4) is 5.75 Å². The van der Waals surface area contributed by atoms with Crippen LogP contribution in [0, 0.1) is 0 Å². The summed E-state index contributed by atoms with van der Waals surface area (Å²) in [5, 5.41) is 3.52. The van der Waals surface area contributed by atoms with Crippen molar-refractivity contribution in [1.29, 1.82) is 0 Å². The van der Waals surface area contributed by atoms with Crippen LogP contribution in [0.2, 0.25) is 0 Å². The fraction of sp³-hybridized carbons (Fsp3) is 0.333. The van der Waals surface area contributed by atoms with Gasteiger partial charge in [0.1, 0.15) is 5.75 Å². The van der Waals surface area contributed by atoms with Gasteiger partial charge in [-0.1, -0.05) is 48.5 Å². The zero-order valence-electron chi connectivity index (χ0n) is 12.0. The molecule has 0 fully saturated rings. The van der Waals surface area contributed by atoms with Gasteiger partial charge in [-0.15, -0.1) is 11.6 Å². The number of ether oxygens (including phenoxy) is 1. The number of nitrogens with one attached hydrogen (secondary N) is 1. The molecule has 1 heterocycles. The Kier molecular flexibility index (Phi) is 4.79. The van der Waals surface area contributed by atoms with Gasteiger partial charge in [0.15, 0.2) is 0 Å². The lowest BCUT2D eigenvalue weighted by Crippen LogP contribution is -2.28. The normalized spacial score (nSPS) is 18.6. The van der Waals surface area contributed by atoms with Crippen LogP contribution in [0.5, 0.6) is 5.75 Å². The first-order chi connectivity index (χ1) is 10.3. The van der Waals surface area contributed by atoms with Gasteiger partial charge in [-0.25, -0.2) is 0 Å². The molecule has 2 nitrogen and oxygen atoms in total. The maximum Gasteiger partial charge on any atom is 0.122 e. The lowest BCUT2D eigenvalue weighted by molar-refractivity contribution is 0.265. The van der Waals surface area contributed by atoms with E-state index in [0.29, 0.717) is 5.92 Å². The molecule has 3 heteroatoms. The molecule has 21 heavy (non-hydrogen) atoms. The van der Waals surface area contributed by atoms with Crippen LogP contribution < -0.4 is 10.1 Å². The van der Waals surface area contributed by atoms with E-state index in [4.69, 9.17) is 16.3 Å². The number of fused-ring (bicyclic) bond motifs is 1. The molecule has 0 amide bonds. The van der Waals surface area contributed by atoms with E-state index >= 15 is 0 Å². The summed E-state index contributed by atoms with van der Waals surface area (Å²) in [7, 11) is 0. The number of halogens is 1. The Labute approximate surface area is 131 Å². The molecule has 0 bridgehead atoms. The van der Waals surface area contributed by atoms with Crippen LogP contribution in [0.4, 0.5) is 0 Å². The van der Waals surface area contributed by atoms with E-state index in [1.807, 2.05) is 24.3 Å². The molecule has 2 aromatic rings. The molecule has 2 aromatic carbocycles. The number of hydrogen-bond acceptors (Lipinski definition) is 2. The van der Waals surface area contributed by atoms with Gasteiger partial charge in [0.2, 0.25) is 0 Å². The average Bonchev–Trinajstić information content (AvgIpc) is 2.56. The zero-order chi connectivity index (χ0) is 14.5. The van der Waals surface area contributed by atoms with Gasteiger partial charge >= 0.3 is 0 Å². The molecule has 0 aliphatic carbocycles. The van der Waals surface area contributed by atoms with Gasteiger partial charge in [-0.3, -0.25) is 0 Å². The van der Waals surface area contributed by atoms with E-state index in [0.717, 1.165) is 31.9 Å². The van der Waals surface area contributed by atoms with Crippen molar-refractivity contribution >= 4 is 11.6 Å². The highest BCUT2D eigenvalue weighted by molar-refractivity contribution is 6.21. The van der Waals surface area contributed by atoms with Gasteiger partial charge in [0, 0.05) is 19.0 Å². The van der Waals surface area contributed by atoms with Crippen molar-refractivity contribution in [1.82, 2.24) is 5.32 Å². The zero-order valence-corrected chi connectivity index (χ0v) is 12.7. The molecule has 0 spiro atoms. The van der Waals surface area contributed by atoms with Crippen molar-refractivity contribution in [3.05, 3.63) is 65.7 Å². The van der Waals surface area contributed by atoms with Crippen LogP contribution >= 0.6 is 11.6 Å². The van der Waals surface area contributed by atoms with Crippen molar-refractivity contribution in [3.63, 3.8) is 0 Å². The Morgan fingerprint density at radius 3 is 2.71 bits per heavy atom. The fourth-order valence-electron chi connectivity index (χ4n) is 2.79. The summed E-state index contributed by atoms with van der Waals surface area (Å²) in [4.78, 5) is 0. The quantitative estimate of drug-likeness (QED) is 0.839. The van der Waals surface area contributed by atoms with Gasteiger partial charge < -0.3 is 10.1 Å². The molecule has 1 N–H and O–H groups in total. The predicted octanol–water partition coefficient (Wildman–Crippen LogP) is 4.12. The number of benzene rings is 2. The number of alkyl halides is 1. The molecule has 1 aliphatic heterocycles. The Hall–Kier alpha value is -1.51. The van der Waals surface area contributed by atoms with Crippen molar-refractivity contribution in [2.75, 3.05) is 19.7 Å². The van der Waals surface area contributed by atoms with Crippen molar-refractivity contribution < 1.29 is 4.74 Å². The van der Waals surface area contributed by atoms with Crippen LogP contribution in [0.15, 0.2) is 54.6 Å². The van der Waals surface area contributed by atoms with Gasteiger partial charge in [-0.05, 0) is 23.6 Å². The summed E-state index contributed by atoms with van der Waals surface area (Å²) in [6.45, 7) is 2.52. The highest BCUT2D eigenvalue weighted by Gasteiger charge is 2.20. The molecule has 2 unspecified atom stereocenters. The van der Waals surface area contributed by atoms with Crippen molar-refractivity contribution in [2.45, 2.75) is 17.7 Å². The smallest absolute Gasteiger partial charge is 0.122 e. The number of hydrogen-bond donors (Lipinski definition) is 1. The summed E-state index contributed by atoms with van der Waals surface area (Å²) in [5.74, 6) is 1.54. The summed E-state index contributed by atoms with van der Waals surface area (Å²) in [5.41, 5.74) is 2.47. The SMILES string of the molecule is ClC(CNCC1CCOc2ccccc21)c1ccccc1. The lowest BCUT2D eigenvalue weighted by Gasteiger charge is -2.26. The van der Waals surface area contributed by atoms with Gasteiger partial charge in [0.05, 0.1) is 12.0 Å².